The summed E-state index contributed by atoms with van der Waals surface area (Å²) >= 11 is 0. The molecular weight excluding hydrogens is 276 g/mol. The van der Waals surface area contributed by atoms with E-state index in [0.717, 1.165) is 23.7 Å². The number of unbranched alkanes of at least 4 members (excludes halogenated alkanes) is 4. The van der Waals surface area contributed by atoms with Gasteiger partial charge in [0.05, 0.1) is 0 Å². The first-order chi connectivity index (χ1) is 11.3. The lowest BCUT2D eigenvalue weighted by molar-refractivity contribution is 0.151. The minimum Gasteiger partial charge on any atom is -0.0885 e. The van der Waals surface area contributed by atoms with E-state index in [1.165, 1.54) is 70.6 Å². The summed E-state index contributed by atoms with van der Waals surface area (Å²) in [4.78, 5) is 0. The maximum atomic E-state index is 2.51. The predicted molar refractivity (Wildman–Crippen MR) is 104 cm³/mol. The van der Waals surface area contributed by atoms with Crippen molar-refractivity contribution in [3.63, 3.8) is 0 Å². The normalized spacial score (nSPS) is 32.4. The third kappa shape index (κ3) is 7.02. The summed E-state index contributed by atoms with van der Waals surface area (Å²) < 4.78 is 0. The predicted octanol–water partition coefficient (Wildman–Crippen LogP) is 7.93. The molecule has 2 aliphatic rings. The van der Waals surface area contributed by atoms with E-state index in [-0.39, 0.29) is 0 Å². The third-order valence-electron chi connectivity index (χ3n) is 6.73. The van der Waals surface area contributed by atoms with E-state index in [9.17, 15) is 0 Å². The maximum Gasteiger partial charge on any atom is -0.0233 e. The van der Waals surface area contributed by atoms with Crippen LogP contribution in [0, 0.1) is 23.7 Å². The van der Waals surface area contributed by atoms with Crippen molar-refractivity contribution < 1.29 is 0 Å². The fourth-order valence-electron chi connectivity index (χ4n) is 5.12. The minimum atomic E-state index is 0.908. The molecule has 0 spiro atoms. The van der Waals surface area contributed by atoms with Crippen LogP contribution in [0.25, 0.3) is 0 Å². The van der Waals surface area contributed by atoms with Crippen LogP contribution in [0.15, 0.2) is 12.2 Å². The molecule has 0 aromatic heterocycles. The molecule has 2 fully saturated rings. The second kappa shape index (κ2) is 11.3. The molecule has 2 rings (SSSR count). The second-order valence-corrected chi connectivity index (χ2v) is 8.49. The highest BCUT2D eigenvalue weighted by Gasteiger charge is 2.30. The van der Waals surface area contributed by atoms with Gasteiger partial charge in [-0.25, -0.2) is 0 Å². The van der Waals surface area contributed by atoms with E-state index in [4.69, 9.17) is 0 Å². The van der Waals surface area contributed by atoms with Gasteiger partial charge in [0, 0.05) is 0 Å². The fourth-order valence-corrected chi connectivity index (χ4v) is 5.12. The highest BCUT2D eigenvalue weighted by molar-refractivity contribution is 4.91. The van der Waals surface area contributed by atoms with E-state index in [1.807, 2.05) is 0 Å². The molecule has 0 heterocycles. The summed E-state index contributed by atoms with van der Waals surface area (Å²) in [6.45, 7) is 4.57. The molecule has 0 aliphatic heterocycles. The molecule has 0 unspecified atom stereocenters. The summed E-state index contributed by atoms with van der Waals surface area (Å²) in [5.41, 5.74) is 0. The summed E-state index contributed by atoms with van der Waals surface area (Å²) in [5.74, 6) is 4.15. The number of hydrogen-bond donors (Lipinski definition) is 0. The van der Waals surface area contributed by atoms with Crippen molar-refractivity contribution in [3.05, 3.63) is 12.2 Å². The smallest absolute Gasteiger partial charge is 0.0233 e. The van der Waals surface area contributed by atoms with Crippen molar-refractivity contribution in [1.82, 2.24) is 0 Å². The van der Waals surface area contributed by atoms with Gasteiger partial charge in [-0.2, -0.15) is 0 Å². The average molecular weight is 319 g/mol. The summed E-state index contributed by atoms with van der Waals surface area (Å²) in [6, 6.07) is 0. The Morgan fingerprint density at radius 3 is 1.91 bits per heavy atom. The van der Waals surface area contributed by atoms with E-state index in [0.29, 0.717) is 0 Å². The zero-order chi connectivity index (χ0) is 16.3. The molecule has 2 saturated carbocycles. The largest absolute Gasteiger partial charge is 0.0885 e. The Bertz CT molecular complexity index is 300. The molecule has 2 aliphatic carbocycles. The second-order valence-electron chi connectivity index (χ2n) is 8.49. The van der Waals surface area contributed by atoms with Crippen LogP contribution in [0.2, 0.25) is 0 Å². The zero-order valence-electron chi connectivity index (χ0n) is 16.1. The Kier molecular flexibility index (Phi) is 9.39. The van der Waals surface area contributed by atoms with Crippen molar-refractivity contribution in [2.24, 2.45) is 23.7 Å². The minimum absolute atomic E-state index is 0.908. The van der Waals surface area contributed by atoms with Crippen LogP contribution < -0.4 is 0 Å². The van der Waals surface area contributed by atoms with Gasteiger partial charge in [-0.3, -0.25) is 0 Å². The molecule has 0 radical (unpaired) electrons. The fraction of sp³-hybridized carbons (Fsp3) is 0.913. The topological polar surface area (TPSA) is 0 Å². The van der Waals surface area contributed by atoms with Crippen molar-refractivity contribution >= 4 is 0 Å². The van der Waals surface area contributed by atoms with Gasteiger partial charge < -0.3 is 0 Å². The molecule has 134 valence electrons. The van der Waals surface area contributed by atoms with E-state index in [1.54, 1.807) is 25.7 Å². The Labute approximate surface area is 146 Å². The SMILES string of the molecule is CCC=CC1CCC(C2CCC(CCCCCCC)CC2)CC1. The first-order valence-corrected chi connectivity index (χ1v) is 11.0. The standard InChI is InChI=1S/C23H42/c1-3-5-7-8-9-11-21-14-18-23(19-15-21)22-16-12-20(13-17-22)10-6-4-2/h6,10,20-23H,3-5,7-9,11-19H2,1-2H3. The van der Waals surface area contributed by atoms with Gasteiger partial charge in [-0.05, 0) is 68.6 Å². The molecular formula is C23H42. The van der Waals surface area contributed by atoms with Crippen LogP contribution in [-0.4, -0.2) is 0 Å². The quantitative estimate of drug-likeness (QED) is 0.299. The van der Waals surface area contributed by atoms with Crippen LogP contribution in [0.5, 0.6) is 0 Å². The van der Waals surface area contributed by atoms with Gasteiger partial charge in [-0.1, -0.05) is 77.4 Å². The van der Waals surface area contributed by atoms with Gasteiger partial charge in [-0.15, -0.1) is 0 Å². The molecule has 0 N–H and O–H groups in total. The van der Waals surface area contributed by atoms with Crippen LogP contribution in [0.3, 0.4) is 0 Å². The Balaban J connectivity index is 1.57. The average Bonchev–Trinajstić information content (AvgIpc) is 2.61. The lowest BCUT2D eigenvalue weighted by Gasteiger charge is -2.37. The first-order valence-electron chi connectivity index (χ1n) is 11.0. The lowest BCUT2D eigenvalue weighted by Crippen LogP contribution is -2.25. The van der Waals surface area contributed by atoms with E-state index >= 15 is 0 Å². The number of hydrogen-bond acceptors (Lipinski definition) is 0. The van der Waals surface area contributed by atoms with Crippen molar-refractivity contribution in [2.45, 2.75) is 110 Å². The molecule has 0 bridgehead atoms. The van der Waals surface area contributed by atoms with Crippen LogP contribution in [0.4, 0.5) is 0 Å². The molecule has 0 amide bonds. The van der Waals surface area contributed by atoms with E-state index in [2.05, 4.69) is 26.0 Å². The summed E-state index contributed by atoms with van der Waals surface area (Å²) in [6.07, 6.45) is 27.1. The maximum absolute atomic E-state index is 2.51. The third-order valence-corrected chi connectivity index (χ3v) is 6.73. The number of allylic oxidation sites excluding steroid dienone is 2. The Morgan fingerprint density at radius 2 is 1.30 bits per heavy atom. The molecule has 0 atom stereocenters. The molecule has 0 heteroatoms. The molecule has 23 heavy (non-hydrogen) atoms. The van der Waals surface area contributed by atoms with Crippen molar-refractivity contribution in [1.29, 1.82) is 0 Å². The monoisotopic (exact) mass is 318 g/mol. The van der Waals surface area contributed by atoms with Crippen molar-refractivity contribution in [3.8, 4) is 0 Å². The molecule has 0 saturated heterocycles. The highest BCUT2D eigenvalue weighted by Crippen LogP contribution is 2.42. The molecule has 0 aromatic carbocycles. The van der Waals surface area contributed by atoms with Gasteiger partial charge in [0.15, 0.2) is 0 Å². The zero-order valence-corrected chi connectivity index (χ0v) is 16.1. The highest BCUT2D eigenvalue weighted by atomic mass is 14.4. The van der Waals surface area contributed by atoms with Crippen LogP contribution in [0.1, 0.15) is 110 Å². The Morgan fingerprint density at radius 1 is 0.696 bits per heavy atom. The number of rotatable bonds is 9. The first kappa shape index (κ1) is 19.1. The van der Waals surface area contributed by atoms with Crippen LogP contribution >= 0.6 is 0 Å². The molecule has 0 aromatic rings. The van der Waals surface area contributed by atoms with Gasteiger partial charge in [0.2, 0.25) is 0 Å². The van der Waals surface area contributed by atoms with E-state index < -0.39 is 0 Å². The molecule has 0 nitrogen and oxygen atoms in total. The summed E-state index contributed by atoms with van der Waals surface area (Å²) in [5, 5.41) is 0. The Hall–Kier alpha value is -0.260. The van der Waals surface area contributed by atoms with Crippen molar-refractivity contribution in [2.75, 3.05) is 0 Å². The van der Waals surface area contributed by atoms with Gasteiger partial charge >= 0.3 is 0 Å². The van der Waals surface area contributed by atoms with Gasteiger partial charge in [0.25, 0.3) is 0 Å². The lowest BCUT2D eigenvalue weighted by atomic mass is 9.68. The van der Waals surface area contributed by atoms with Crippen LogP contribution in [-0.2, 0) is 0 Å². The summed E-state index contributed by atoms with van der Waals surface area (Å²) in [7, 11) is 0. The van der Waals surface area contributed by atoms with Gasteiger partial charge in [0.1, 0.15) is 0 Å².